The minimum absolute atomic E-state index is 0.0980. The van der Waals surface area contributed by atoms with Gasteiger partial charge in [0.25, 0.3) is 0 Å². The second-order valence-corrected chi connectivity index (χ2v) is 8.70. The van der Waals surface area contributed by atoms with Crippen LogP contribution in [-0.2, 0) is 0 Å². The van der Waals surface area contributed by atoms with Gasteiger partial charge in [0.05, 0.1) is 11.1 Å². The number of hydrogen-bond acceptors (Lipinski definition) is 4. The monoisotopic (exact) mass is 397 g/mol. The van der Waals surface area contributed by atoms with E-state index in [-0.39, 0.29) is 18.4 Å². The van der Waals surface area contributed by atoms with Crippen LogP contribution in [0.5, 0.6) is 17.2 Å². The quantitative estimate of drug-likeness (QED) is 0.533. The van der Waals surface area contributed by atoms with Crippen LogP contribution < -0.4 is 19.5 Å². The molecule has 0 radical (unpaired) electrons. The maximum atomic E-state index is 6.65. The Balaban J connectivity index is 1.67. The van der Waals surface area contributed by atoms with Gasteiger partial charge in [-0.2, -0.15) is 0 Å². The average Bonchev–Trinajstić information content (AvgIpc) is 3.21. The number of allylic oxidation sites excluding steroid dienone is 1. The van der Waals surface area contributed by atoms with Crippen molar-refractivity contribution >= 4 is 11.3 Å². The molecule has 3 heterocycles. The van der Waals surface area contributed by atoms with Gasteiger partial charge in [0.2, 0.25) is 6.79 Å². The van der Waals surface area contributed by atoms with E-state index in [9.17, 15) is 0 Å². The third-order valence-corrected chi connectivity index (χ3v) is 6.05. The Kier molecular flexibility index (Phi) is 3.52. The molecule has 4 heteroatoms. The van der Waals surface area contributed by atoms with E-state index in [1.807, 2.05) is 18.2 Å². The third-order valence-electron chi connectivity index (χ3n) is 6.05. The summed E-state index contributed by atoms with van der Waals surface area (Å²) in [6, 6.07) is 18.7. The summed E-state index contributed by atoms with van der Waals surface area (Å²) in [4.78, 5) is 0. The van der Waals surface area contributed by atoms with Gasteiger partial charge in [-0.15, -0.1) is 0 Å². The number of fused-ring (bicyclic) bond motifs is 7. The summed E-state index contributed by atoms with van der Waals surface area (Å²) < 4.78 is 18.2. The van der Waals surface area contributed by atoms with Crippen LogP contribution in [0.25, 0.3) is 16.7 Å². The highest BCUT2D eigenvalue weighted by Gasteiger charge is 2.37. The van der Waals surface area contributed by atoms with Gasteiger partial charge < -0.3 is 19.5 Å². The molecule has 3 aromatic carbocycles. The Labute approximate surface area is 176 Å². The van der Waals surface area contributed by atoms with Crippen molar-refractivity contribution in [2.45, 2.75) is 32.4 Å². The summed E-state index contributed by atoms with van der Waals surface area (Å²) in [5.74, 6) is 2.36. The Morgan fingerprint density at radius 3 is 2.53 bits per heavy atom. The fraction of sp³-hybridized carbons (Fsp3) is 0.231. The first kappa shape index (κ1) is 17.5. The van der Waals surface area contributed by atoms with Crippen molar-refractivity contribution in [3.05, 3.63) is 77.4 Å². The van der Waals surface area contributed by atoms with Crippen molar-refractivity contribution in [1.29, 1.82) is 0 Å². The largest absolute Gasteiger partial charge is 0.480 e. The van der Waals surface area contributed by atoms with Gasteiger partial charge >= 0.3 is 0 Å². The lowest BCUT2D eigenvalue weighted by Crippen LogP contribution is -2.32. The molecule has 0 fully saturated rings. The first-order valence-corrected chi connectivity index (χ1v) is 10.3. The predicted molar refractivity (Wildman–Crippen MR) is 118 cm³/mol. The summed E-state index contributed by atoms with van der Waals surface area (Å²) in [5.41, 5.74) is 7.93. The maximum absolute atomic E-state index is 6.65. The van der Waals surface area contributed by atoms with E-state index in [0.717, 1.165) is 39.6 Å². The molecule has 3 aliphatic rings. The Bertz CT molecular complexity index is 1210. The molecule has 0 saturated heterocycles. The minimum atomic E-state index is -0.199. The zero-order chi connectivity index (χ0) is 20.5. The van der Waals surface area contributed by atoms with Gasteiger partial charge in [-0.05, 0) is 55.7 Å². The Hall–Kier alpha value is -3.40. The standard InChI is InChI=1S/C26H23NO3/c1-15-13-26(2,3)27-18-10-9-17-22-19(11-12-20-25(22)29-14-28-20)30-24(23(17)21(15)18)16-7-5-4-6-8-16/h4-13,24,27H,14H2,1-3H3. The van der Waals surface area contributed by atoms with Crippen molar-refractivity contribution in [2.75, 3.05) is 12.1 Å². The molecule has 6 rings (SSSR count). The zero-order valence-corrected chi connectivity index (χ0v) is 17.3. The molecule has 0 aliphatic carbocycles. The first-order valence-electron chi connectivity index (χ1n) is 10.3. The van der Waals surface area contributed by atoms with Crippen molar-refractivity contribution in [3.63, 3.8) is 0 Å². The average molecular weight is 397 g/mol. The predicted octanol–water partition coefficient (Wildman–Crippen LogP) is 6.17. The Morgan fingerprint density at radius 1 is 0.900 bits per heavy atom. The van der Waals surface area contributed by atoms with Crippen LogP contribution in [0.15, 0.2) is 60.7 Å². The van der Waals surface area contributed by atoms with E-state index in [1.165, 1.54) is 16.7 Å². The molecule has 0 aromatic heterocycles. The molecule has 3 aromatic rings. The van der Waals surface area contributed by atoms with Crippen molar-refractivity contribution in [2.24, 2.45) is 0 Å². The molecule has 4 nitrogen and oxygen atoms in total. The molecular weight excluding hydrogens is 374 g/mol. The third kappa shape index (κ3) is 2.46. The lowest BCUT2D eigenvalue weighted by Gasteiger charge is -2.37. The van der Waals surface area contributed by atoms with Gasteiger partial charge in [0.15, 0.2) is 17.6 Å². The van der Waals surface area contributed by atoms with E-state index in [0.29, 0.717) is 0 Å². The van der Waals surface area contributed by atoms with Gasteiger partial charge in [0, 0.05) is 16.8 Å². The second-order valence-electron chi connectivity index (χ2n) is 8.70. The summed E-state index contributed by atoms with van der Waals surface area (Å²) in [5, 5.41) is 3.68. The molecule has 30 heavy (non-hydrogen) atoms. The lowest BCUT2D eigenvalue weighted by atomic mass is 9.80. The second kappa shape index (κ2) is 6.05. The SMILES string of the molecule is CC1=CC(C)(C)Nc2ccc3c(c21)C(c1ccccc1)Oc1ccc2c(c1-3)OCO2. The Morgan fingerprint density at radius 2 is 1.70 bits per heavy atom. The fourth-order valence-corrected chi connectivity index (χ4v) is 4.99. The van der Waals surface area contributed by atoms with E-state index >= 15 is 0 Å². The normalized spacial score (nSPS) is 19.6. The van der Waals surface area contributed by atoms with Crippen LogP contribution in [0.1, 0.15) is 43.6 Å². The molecular formula is C26H23NO3. The van der Waals surface area contributed by atoms with Crippen LogP contribution in [0.3, 0.4) is 0 Å². The number of benzene rings is 3. The fourth-order valence-electron chi connectivity index (χ4n) is 4.99. The van der Waals surface area contributed by atoms with Crippen LogP contribution in [0, 0.1) is 0 Å². The van der Waals surface area contributed by atoms with Crippen molar-refractivity contribution in [3.8, 4) is 28.4 Å². The van der Waals surface area contributed by atoms with Crippen molar-refractivity contribution in [1.82, 2.24) is 0 Å². The lowest BCUT2D eigenvalue weighted by molar-refractivity contribution is 0.174. The van der Waals surface area contributed by atoms with Gasteiger partial charge in [-0.1, -0.05) is 42.5 Å². The maximum Gasteiger partial charge on any atom is 0.231 e. The van der Waals surface area contributed by atoms with Crippen molar-refractivity contribution < 1.29 is 14.2 Å². The number of nitrogens with one attached hydrogen (secondary N) is 1. The number of hydrogen-bond donors (Lipinski definition) is 1. The first-order chi connectivity index (χ1) is 14.5. The summed E-state index contributed by atoms with van der Waals surface area (Å²) in [6.07, 6.45) is 2.10. The molecule has 1 unspecified atom stereocenters. The van der Waals surface area contributed by atoms with Crippen LogP contribution in [-0.4, -0.2) is 12.3 Å². The van der Waals surface area contributed by atoms with Crippen LogP contribution >= 0.6 is 0 Å². The molecule has 0 bridgehead atoms. The summed E-state index contributed by atoms with van der Waals surface area (Å²) in [7, 11) is 0. The smallest absolute Gasteiger partial charge is 0.231 e. The minimum Gasteiger partial charge on any atom is -0.480 e. The molecule has 0 amide bonds. The topological polar surface area (TPSA) is 39.7 Å². The zero-order valence-electron chi connectivity index (χ0n) is 17.3. The highest BCUT2D eigenvalue weighted by molar-refractivity contribution is 5.92. The number of anilines is 1. The molecule has 0 saturated carbocycles. The number of ether oxygens (including phenoxy) is 3. The number of rotatable bonds is 1. The van der Waals surface area contributed by atoms with E-state index in [4.69, 9.17) is 14.2 Å². The summed E-state index contributed by atoms with van der Waals surface area (Å²) in [6.45, 7) is 6.81. The molecule has 0 spiro atoms. The van der Waals surface area contributed by atoms with Gasteiger partial charge in [-0.25, -0.2) is 0 Å². The van der Waals surface area contributed by atoms with Crippen LogP contribution in [0.2, 0.25) is 0 Å². The molecule has 1 N–H and O–H groups in total. The highest BCUT2D eigenvalue weighted by atomic mass is 16.7. The van der Waals surface area contributed by atoms with E-state index in [1.54, 1.807) is 0 Å². The highest BCUT2D eigenvalue weighted by Crippen LogP contribution is 2.56. The van der Waals surface area contributed by atoms with E-state index in [2.05, 4.69) is 68.6 Å². The molecule has 150 valence electrons. The summed E-state index contributed by atoms with van der Waals surface area (Å²) >= 11 is 0. The van der Waals surface area contributed by atoms with E-state index < -0.39 is 0 Å². The molecule has 3 aliphatic heterocycles. The van der Waals surface area contributed by atoms with Crippen LogP contribution in [0.4, 0.5) is 5.69 Å². The van der Waals surface area contributed by atoms with Gasteiger partial charge in [-0.3, -0.25) is 0 Å². The molecule has 1 atom stereocenters. The van der Waals surface area contributed by atoms with Gasteiger partial charge in [0.1, 0.15) is 5.75 Å².